The maximum Gasteiger partial charge on any atom is 0.0725 e. The molecule has 4 aliphatic rings. The molecule has 2 spiro atoms. The smallest absolute Gasteiger partial charge is 0.0725 e. The Bertz CT molecular complexity index is 5300. The van der Waals surface area contributed by atoms with Gasteiger partial charge >= 0.3 is 0 Å². The van der Waals surface area contributed by atoms with Crippen molar-refractivity contribution in [1.82, 2.24) is 8.80 Å². The van der Waals surface area contributed by atoms with Crippen molar-refractivity contribution in [3.8, 4) is 66.8 Å². The molecule has 0 N–H and O–H groups in total. The molecule has 0 fully saturated rings. The van der Waals surface area contributed by atoms with Crippen molar-refractivity contribution in [3.05, 3.63) is 311 Å². The zero-order valence-corrected chi connectivity index (χ0v) is 44.3. The Morgan fingerprint density at radius 1 is 0.195 bits per heavy atom. The lowest BCUT2D eigenvalue weighted by Gasteiger charge is -2.30. The normalized spacial score (nSPS) is 14.5. The first-order chi connectivity index (χ1) is 40.7. The topological polar surface area (TPSA) is 8.82 Å². The Kier molecular flexibility index (Phi) is 7.47. The zero-order valence-electron chi connectivity index (χ0n) is 44.3. The van der Waals surface area contributed by atoms with Crippen LogP contribution in [0.1, 0.15) is 44.5 Å². The van der Waals surface area contributed by atoms with Crippen LogP contribution >= 0.6 is 0 Å². The highest BCUT2D eigenvalue weighted by atomic mass is 14.9. The van der Waals surface area contributed by atoms with Crippen molar-refractivity contribution < 1.29 is 0 Å². The maximum atomic E-state index is 2.60. The van der Waals surface area contributed by atoms with Gasteiger partial charge in [-0.1, -0.05) is 218 Å². The number of hydrogen-bond acceptors (Lipinski definition) is 0. The van der Waals surface area contributed by atoms with Gasteiger partial charge in [-0.3, -0.25) is 0 Å². The molecule has 0 saturated carbocycles. The monoisotopic (exact) mass is 1030 g/mol. The first-order valence-corrected chi connectivity index (χ1v) is 28.9. The summed E-state index contributed by atoms with van der Waals surface area (Å²) in [6, 6.07) is 102. The van der Waals surface area contributed by atoms with Crippen LogP contribution in [0.4, 0.5) is 0 Å². The molecule has 2 nitrogen and oxygen atoms in total. The van der Waals surface area contributed by atoms with E-state index >= 15 is 0 Å². The average molecular weight is 1030 g/mol. The highest BCUT2D eigenvalue weighted by Gasteiger charge is 2.53. The number of nitrogens with zero attached hydrogens (tertiary/aromatic N) is 2. The predicted molar refractivity (Wildman–Crippen MR) is 339 cm³/mol. The molecule has 4 aliphatic carbocycles. The third-order valence-corrected chi connectivity index (χ3v) is 20.4. The molecule has 17 aromatic rings. The average Bonchev–Trinajstić information content (AvgIpc) is 2.78. The van der Waals surface area contributed by atoms with Crippen molar-refractivity contribution in [2.75, 3.05) is 0 Å². The second-order valence-corrected chi connectivity index (χ2v) is 23.7. The maximum absolute atomic E-state index is 2.60. The summed E-state index contributed by atoms with van der Waals surface area (Å²) in [5.41, 5.74) is 33.2. The van der Waals surface area contributed by atoms with E-state index in [1.54, 1.807) is 0 Å². The summed E-state index contributed by atoms with van der Waals surface area (Å²) >= 11 is 0. The molecule has 2 heteroatoms. The number of benzene rings is 13. The highest BCUT2D eigenvalue weighted by Crippen LogP contribution is 2.65. The molecule has 0 saturated heterocycles. The Hall–Kier alpha value is -10.5. The number of aromatic nitrogens is 2. The molecule has 0 unspecified atom stereocenters. The van der Waals surface area contributed by atoms with Crippen LogP contribution in [-0.4, -0.2) is 8.80 Å². The minimum Gasteiger partial charge on any atom is -0.308 e. The number of fused-ring (bicyclic) bond motifs is 34. The van der Waals surface area contributed by atoms with Gasteiger partial charge in [0.05, 0.1) is 43.9 Å². The van der Waals surface area contributed by atoms with Gasteiger partial charge in [0.15, 0.2) is 0 Å². The van der Waals surface area contributed by atoms with Gasteiger partial charge in [0.25, 0.3) is 0 Å². The molecule has 0 amide bonds. The molecular formula is C80H44N2. The second-order valence-electron chi connectivity index (χ2n) is 23.7. The number of hydrogen-bond donors (Lipinski definition) is 0. The van der Waals surface area contributed by atoms with Gasteiger partial charge in [0.2, 0.25) is 0 Å². The van der Waals surface area contributed by atoms with Crippen molar-refractivity contribution in [3.63, 3.8) is 0 Å². The Labute approximate surface area is 471 Å². The van der Waals surface area contributed by atoms with E-state index in [2.05, 4.69) is 276 Å². The van der Waals surface area contributed by atoms with Crippen molar-refractivity contribution in [2.45, 2.75) is 10.8 Å². The summed E-state index contributed by atoms with van der Waals surface area (Å²) in [5.74, 6) is 0. The van der Waals surface area contributed by atoms with Crippen LogP contribution < -0.4 is 0 Å². The van der Waals surface area contributed by atoms with E-state index in [-0.39, 0.29) is 0 Å². The highest BCUT2D eigenvalue weighted by molar-refractivity contribution is 6.45. The third-order valence-electron chi connectivity index (χ3n) is 20.4. The van der Waals surface area contributed by atoms with Crippen LogP contribution in [0.2, 0.25) is 0 Å². The van der Waals surface area contributed by atoms with E-state index in [4.69, 9.17) is 0 Å². The van der Waals surface area contributed by atoms with E-state index in [1.165, 1.54) is 187 Å². The molecular weight excluding hydrogens is 989 g/mol. The van der Waals surface area contributed by atoms with E-state index in [0.29, 0.717) is 0 Å². The van der Waals surface area contributed by atoms with Crippen LogP contribution in [0.15, 0.2) is 267 Å². The summed E-state index contributed by atoms with van der Waals surface area (Å²) in [5, 5.41) is 10.5. The zero-order chi connectivity index (χ0) is 52.9. The van der Waals surface area contributed by atoms with E-state index < -0.39 is 10.8 Å². The van der Waals surface area contributed by atoms with Crippen LogP contribution in [0.5, 0.6) is 0 Å². The molecule has 0 atom stereocenters. The lowest BCUT2D eigenvalue weighted by Crippen LogP contribution is -2.25. The molecule has 374 valence electrons. The molecule has 0 bridgehead atoms. The second kappa shape index (κ2) is 14.4. The van der Waals surface area contributed by atoms with Gasteiger partial charge in [-0.25, -0.2) is 0 Å². The minimum atomic E-state index is -0.411. The lowest BCUT2D eigenvalue weighted by atomic mass is 9.70. The summed E-state index contributed by atoms with van der Waals surface area (Å²) in [4.78, 5) is 0. The van der Waals surface area contributed by atoms with Crippen molar-refractivity contribution >= 4 is 76.2 Å². The van der Waals surface area contributed by atoms with Gasteiger partial charge in [0, 0.05) is 43.1 Å². The molecule has 4 aromatic heterocycles. The van der Waals surface area contributed by atoms with E-state index in [1.807, 2.05) is 0 Å². The standard InChI is InChI=1S/C80H44N2/c1-9-25-61-49(17-1)50-18-2-10-26-62(50)79(61)65-29-13-5-21-53(65)55-37-33-47(43-67(55)79)45-35-39-71-59(41-45)75-73-57-23-7-16-32-70(57)82-72-40-36-46(42-60(72)76(78(73)82)74-58-24-8-15-31-69(58)81(71)77(74)75)48-34-38-56-54-22-6-14-30-66(54)80(68(56)44-48)63-27-11-3-19-51(63)52-20-4-12-28-64(52)80/h1-44H. The van der Waals surface area contributed by atoms with Gasteiger partial charge in [0.1, 0.15) is 0 Å². The van der Waals surface area contributed by atoms with E-state index in [9.17, 15) is 0 Å². The van der Waals surface area contributed by atoms with Crippen LogP contribution in [0, 0.1) is 0 Å². The largest absolute Gasteiger partial charge is 0.308 e. The van der Waals surface area contributed by atoms with Crippen LogP contribution in [-0.2, 0) is 10.8 Å². The van der Waals surface area contributed by atoms with Crippen molar-refractivity contribution in [1.29, 1.82) is 0 Å². The summed E-state index contributed by atoms with van der Waals surface area (Å²) < 4.78 is 5.19. The van der Waals surface area contributed by atoms with E-state index in [0.717, 1.165) is 0 Å². The van der Waals surface area contributed by atoms with Gasteiger partial charge in [-0.05, 0) is 160 Å². The lowest BCUT2D eigenvalue weighted by molar-refractivity contribution is 0.794. The summed E-state index contributed by atoms with van der Waals surface area (Å²) in [6.45, 7) is 0. The fraction of sp³-hybridized carbons (Fsp3) is 0.0250. The fourth-order valence-electron chi connectivity index (χ4n) is 17.5. The molecule has 13 aromatic carbocycles. The first-order valence-electron chi connectivity index (χ1n) is 28.9. The molecule has 0 aliphatic heterocycles. The minimum absolute atomic E-state index is 0.411. The molecule has 4 heterocycles. The Balaban J connectivity index is 0.819. The van der Waals surface area contributed by atoms with Crippen molar-refractivity contribution in [2.24, 2.45) is 0 Å². The Morgan fingerprint density at radius 2 is 0.451 bits per heavy atom. The molecule has 82 heavy (non-hydrogen) atoms. The first kappa shape index (κ1) is 42.4. The summed E-state index contributed by atoms with van der Waals surface area (Å²) in [7, 11) is 0. The SMILES string of the molecule is c1ccc2c(c1)-c1ccccc1C21c2ccccc2-c2ccc(-c3ccc4c(c3)c3c5c6ccccc6n6c7ccc(-c8ccc9c(c8)C8(c%10ccccc%10-c%10ccccc%108)c8ccccc8-9)cc7c(c7c8ccccc8n4c73)c56)cc21. The van der Waals surface area contributed by atoms with Gasteiger partial charge in [-0.15, -0.1) is 0 Å². The van der Waals surface area contributed by atoms with Gasteiger partial charge in [-0.2, -0.15) is 0 Å². The number of rotatable bonds is 2. The predicted octanol–water partition coefficient (Wildman–Crippen LogP) is 20.0. The van der Waals surface area contributed by atoms with Crippen LogP contribution in [0.3, 0.4) is 0 Å². The third kappa shape index (κ3) is 4.62. The Morgan fingerprint density at radius 3 is 0.805 bits per heavy atom. The molecule has 21 rings (SSSR count). The summed E-state index contributed by atoms with van der Waals surface area (Å²) in [6.07, 6.45) is 0. The number of para-hydroxylation sites is 2. The van der Waals surface area contributed by atoms with Gasteiger partial charge < -0.3 is 8.80 Å². The molecule has 0 radical (unpaired) electrons. The quantitative estimate of drug-likeness (QED) is 0.163. The fourth-order valence-corrected chi connectivity index (χ4v) is 17.5. The van der Waals surface area contributed by atoms with Crippen LogP contribution in [0.25, 0.3) is 143 Å².